The average Bonchev–Trinajstić information content (AvgIpc) is 2.01. The van der Waals surface area contributed by atoms with Gasteiger partial charge in [0.15, 0.2) is 5.78 Å². The number of rotatable bonds is 5. The topological polar surface area (TPSA) is 37.3 Å². The lowest BCUT2D eigenvalue weighted by Crippen LogP contribution is -2.22. The molecule has 0 fully saturated rings. The molecule has 0 aromatic carbocycles. The molecule has 2 heteroatoms. The lowest BCUT2D eigenvalue weighted by molar-refractivity contribution is -0.122. The molecule has 12 heavy (non-hydrogen) atoms. The van der Waals surface area contributed by atoms with Crippen molar-refractivity contribution in [2.75, 3.05) is 0 Å². The Morgan fingerprint density at radius 1 is 1.50 bits per heavy atom. The molecule has 0 saturated heterocycles. The molecule has 1 N–H and O–H groups in total. The number of aliphatic hydroxyl groups is 1. The molecular weight excluding hydrogens is 152 g/mol. The highest BCUT2D eigenvalue weighted by Crippen LogP contribution is 2.24. The van der Waals surface area contributed by atoms with Crippen molar-refractivity contribution >= 4 is 5.78 Å². The van der Waals surface area contributed by atoms with Crippen LogP contribution in [0.25, 0.3) is 0 Å². The van der Waals surface area contributed by atoms with Crippen molar-refractivity contribution in [1.82, 2.24) is 0 Å². The van der Waals surface area contributed by atoms with Gasteiger partial charge in [-0.2, -0.15) is 0 Å². The summed E-state index contributed by atoms with van der Waals surface area (Å²) in [5.41, 5.74) is -0.324. The second kappa shape index (κ2) is 4.96. The van der Waals surface area contributed by atoms with Crippen LogP contribution in [0.2, 0.25) is 0 Å². The van der Waals surface area contributed by atoms with Gasteiger partial charge in [-0.1, -0.05) is 33.6 Å². The maximum absolute atomic E-state index is 11.3. The molecule has 0 saturated carbocycles. The Balaban J connectivity index is 4.09. The second-order valence-electron chi connectivity index (χ2n) is 3.67. The van der Waals surface area contributed by atoms with Gasteiger partial charge in [0, 0.05) is 11.5 Å². The first-order chi connectivity index (χ1) is 5.54. The van der Waals surface area contributed by atoms with E-state index in [9.17, 15) is 4.79 Å². The molecule has 0 aliphatic heterocycles. The number of hydrogen-bond donors (Lipinski definition) is 1. The zero-order valence-corrected chi connectivity index (χ0v) is 8.13. The summed E-state index contributed by atoms with van der Waals surface area (Å²) in [5.74, 6) is -0.00144. The first kappa shape index (κ1) is 11.2. The van der Waals surface area contributed by atoms with E-state index >= 15 is 0 Å². The minimum Gasteiger partial charge on any atom is -0.515 e. The van der Waals surface area contributed by atoms with Crippen molar-refractivity contribution in [1.29, 1.82) is 0 Å². The summed E-state index contributed by atoms with van der Waals surface area (Å²) >= 11 is 0. The van der Waals surface area contributed by atoms with E-state index in [2.05, 4.69) is 6.92 Å². The van der Waals surface area contributed by atoms with Gasteiger partial charge >= 0.3 is 0 Å². The zero-order chi connectivity index (χ0) is 9.61. The average molecular weight is 170 g/mol. The molecule has 0 amide bonds. The highest BCUT2D eigenvalue weighted by molar-refractivity contribution is 5.93. The minimum atomic E-state index is -0.324. The van der Waals surface area contributed by atoms with E-state index in [1.807, 2.05) is 13.8 Å². The van der Waals surface area contributed by atoms with E-state index in [0.717, 1.165) is 25.5 Å². The van der Waals surface area contributed by atoms with Crippen LogP contribution in [0.4, 0.5) is 0 Å². The summed E-state index contributed by atoms with van der Waals surface area (Å²) in [6, 6.07) is 0. The van der Waals surface area contributed by atoms with Gasteiger partial charge < -0.3 is 5.11 Å². The van der Waals surface area contributed by atoms with E-state index < -0.39 is 0 Å². The molecule has 70 valence electrons. The lowest BCUT2D eigenvalue weighted by atomic mass is 9.83. The van der Waals surface area contributed by atoms with Crippen LogP contribution in [-0.2, 0) is 4.79 Å². The molecule has 0 rings (SSSR count). The minimum absolute atomic E-state index is 0.00144. The summed E-state index contributed by atoms with van der Waals surface area (Å²) in [4.78, 5) is 11.3. The van der Waals surface area contributed by atoms with Crippen molar-refractivity contribution < 1.29 is 9.90 Å². The van der Waals surface area contributed by atoms with Crippen molar-refractivity contribution in [2.24, 2.45) is 5.41 Å². The van der Waals surface area contributed by atoms with E-state index in [-0.39, 0.29) is 11.2 Å². The monoisotopic (exact) mass is 170 g/mol. The predicted molar refractivity (Wildman–Crippen MR) is 50.1 cm³/mol. The molecule has 0 radical (unpaired) electrons. The number of unbranched alkanes of at least 4 members (excludes halogenated alkanes) is 1. The first-order valence-corrected chi connectivity index (χ1v) is 4.39. The molecule has 0 aromatic heterocycles. The zero-order valence-electron chi connectivity index (χ0n) is 8.13. The van der Waals surface area contributed by atoms with Crippen molar-refractivity contribution in [2.45, 2.75) is 40.0 Å². The number of aliphatic hydroxyl groups excluding tert-OH is 1. The molecular formula is C10H18O2. The smallest absolute Gasteiger partial charge is 0.164 e. The van der Waals surface area contributed by atoms with Crippen LogP contribution in [0.3, 0.4) is 0 Å². The van der Waals surface area contributed by atoms with Crippen molar-refractivity contribution in [3.63, 3.8) is 0 Å². The van der Waals surface area contributed by atoms with Crippen LogP contribution in [0, 0.1) is 5.41 Å². The maximum Gasteiger partial charge on any atom is 0.164 e. The predicted octanol–water partition coefficient (Wildman–Crippen LogP) is 2.84. The SMILES string of the molecule is CCCCC(C)(C)C(=O)/C=C/O. The van der Waals surface area contributed by atoms with Gasteiger partial charge in [-0.05, 0) is 6.42 Å². The van der Waals surface area contributed by atoms with Gasteiger partial charge in [0.05, 0.1) is 6.26 Å². The van der Waals surface area contributed by atoms with Gasteiger partial charge in [-0.15, -0.1) is 0 Å². The fourth-order valence-electron chi connectivity index (χ4n) is 1.04. The molecule has 0 aliphatic rings. The Bertz CT molecular complexity index is 169. The highest BCUT2D eigenvalue weighted by atomic mass is 16.2. The maximum atomic E-state index is 11.3. The van der Waals surface area contributed by atoms with Crippen molar-refractivity contribution in [3.8, 4) is 0 Å². The van der Waals surface area contributed by atoms with Crippen LogP contribution in [-0.4, -0.2) is 10.9 Å². The number of carbonyl (C=O) groups excluding carboxylic acids is 1. The Hall–Kier alpha value is -0.790. The van der Waals surface area contributed by atoms with Gasteiger partial charge in [0.1, 0.15) is 0 Å². The molecule has 2 nitrogen and oxygen atoms in total. The van der Waals surface area contributed by atoms with Crippen LogP contribution >= 0.6 is 0 Å². The molecule has 0 unspecified atom stereocenters. The lowest BCUT2D eigenvalue weighted by Gasteiger charge is -2.20. The Labute approximate surface area is 74.3 Å². The van der Waals surface area contributed by atoms with Crippen LogP contribution in [0.15, 0.2) is 12.3 Å². The molecule has 0 aromatic rings. The normalized spacial score (nSPS) is 12.2. The van der Waals surface area contributed by atoms with Crippen LogP contribution in [0.5, 0.6) is 0 Å². The third kappa shape index (κ3) is 3.56. The van der Waals surface area contributed by atoms with E-state index in [4.69, 9.17) is 5.11 Å². The summed E-state index contributed by atoms with van der Waals surface area (Å²) in [6.07, 6.45) is 5.08. The second-order valence-corrected chi connectivity index (χ2v) is 3.67. The standard InChI is InChI=1S/C10H18O2/c1-4-5-7-10(2,3)9(12)6-8-11/h6,8,11H,4-5,7H2,1-3H3/b8-6+. The third-order valence-electron chi connectivity index (χ3n) is 2.05. The Morgan fingerprint density at radius 3 is 2.50 bits per heavy atom. The van der Waals surface area contributed by atoms with Crippen LogP contribution in [0.1, 0.15) is 40.0 Å². The Morgan fingerprint density at radius 2 is 2.08 bits per heavy atom. The largest absolute Gasteiger partial charge is 0.515 e. The van der Waals surface area contributed by atoms with Crippen LogP contribution < -0.4 is 0 Å². The van der Waals surface area contributed by atoms with Crippen molar-refractivity contribution in [3.05, 3.63) is 12.3 Å². The fourth-order valence-corrected chi connectivity index (χ4v) is 1.04. The Kier molecular flexibility index (Phi) is 4.64. The fraction of sp³-hybridized carbons (Fsp3) is 0.700. The summed E-state index contributed by atoms with van der Waals surface area (Å²) in [6.45, 7) is 5.92. The molecule has 0 aliphatic carbocycles. The molecule has 0 spiro atoms. The quantitative estimate of drug-likeness (QED) is 0.509. The summed E-state index contributed by atoms with van der Waals surface area (Å²) in [7, 11) is 0. The van der Waals surface area contributed by atoms with Gasteiger partial charge in [-0.25, -0.2) is 0 Å². The first-order valence-electron chi connectivity index (χ1n) is 4.39. The van der Waals surface area contributed by atoms with E-state index in [0.29, 0.717) is 0 Å². The summed E-state index contributed by atoms with van der Waals surface area (Å²) < 4.78 is 0. The molecule has 0 heterocycles. The summed E-state index contributed by atoms with van der Waals surface area (Å²) in [5, 5.41) is 8.42. The number of allylic oxidation sites excluding steroid dienone is 1. The van der Waals surface area contributed by atoms with Gasteiger partial charge in [-0.3, -0.25) is 4.79 Å². The number of carbonyl (C=O) groups is 1. The van der Waals surface area contributed by atoms with E-state index in [1.54, 1.807) is 0 Å². The molecule has 0 atom stereocenters. The molecule has 0 bridgehead atoms. The number of ketones is 1. The van der Waals surface area contributed by atoms with Gasteiger partial charge in [0.25, 0.3) is 0 Å². The van der Waals surface area contributed by atoms with Gasteiger partial charge in [0.2, 0.25) is 0 Å². The number of hydrogen-bond acceptors (Lipinski definition) is 2. The highest BCUT2D eigenvalue weighted by Gasteiger charge is 2.24. The van der Waals surface area contributed by atoms with E-state index in [1.165, 1.54) is 6.08 Å². The third-order valence-corrected chi connectivity index (χ3v) is 2.05.